The average molecular weight is 341 g/mol. The van der Waals surface area contributed by atoms with E-state index in [-0.39, 0.29) is 0 Å². The molecule has 23 heavy (non-hydrogen) atoms. The van der Waals surface area contributed by atoms with Gasteiger partial charge in [0.2, 0.25) is 5.78 Å². The Balaban J connectivity index is 0. The lowest BCUT2D eigenvalue weighted by atomic mass is 10.0. The van der Waals surface area contributed by atoms with Crippen molar-refractivity contribution in [2.24, 2.45) is 0 Å². The van der Waals surface area contributed by atoms with Gasteiger partial charge < -0.3 is 14.6 Å². The van der Waals surface area contributed by atoms with Crippen LogP contribution in [0.4, 0.5) is 17.6 Å². The topological polar surface area (TPSA) is 79.6 Å². The Morgan fingerprint density at radius 3 is 2.13 bits per heavy atom. The first-order chi connectivity index (χ1) is 10.7. The minimum Gasteiger partial charge on any atom is -0.502 e. The lowest BCUT2D eigenvalue weighted by molar-refractivity contribution is -0.124. The number of halogens is 4. The minimum atomic E-state index is -3.00. The van der Waals surface area contributed by atoms with Gasteiger partial charge in [-0.3, -0.25) is 4.79 Å². The average Bonchev–Trinajstić information content (AvgIpc) is 2.48. The van der Waals surface area contributed by atoms with Crippen molar-refractivity contribution in [1.29, 1.82) is 5.26 Å². The second kappa shape index (κ2) is 13.6. The number of ether oxygens (including phenoxy) is 2. The molecule has 0 fully saturated rings. The van der Waals surface area contributed by atoms with Crippen LogP contribution in [0.1, 0.15) is 20.3 Å². The second-order valence-electron chi connectivity index (χ2n) is 3.85. The van der Waals surface area contributed by atoms with Gasteiger partial charge in [0.1, 0.15) is 0 Å². The highest BCUT2D eigenvalue weighted by molar-refractivity contribution is 5.91. The number of carbonyl (C=O) groups is 1. The van der Waals surface area contributed by atoms with Crippen LogP contribution in [0.25, 0.3) is 0 Å². The van der Waals surface area contributed by atoms with Gasteiger partial charge in [0.05, 0.1) is 38.2 Å². The molecule has 0 bridgehead atoms. The summed E-state index contributed by atoms with van der Waals surface area (Å²) >= 11 is 0. The van der Waals surface area contributed by atoms with Crippen LogP contribution in [0.15, 0.2) is 24.7 Å². The smallest absolute Gasteiger partial charge is 0.300 e. The zero-order valence-electron chi connectivity index (χ0n) is 12.7. The molecular weight excluding hydrogens is 322 g/mol. The highest BCUT2D eigenvalue weighted by Crippen LogP contribution is 2.21. The fraction of sp³-hybridized carbons (Fsp3) is 0.571. The summed E-state index contributed by atoms with van der Waals surface area (Å²) in [6.07, 6.45) is -3.13. The number of carbonyl (C=O) groups excluding carboxylic acids is 1. The third-order valence-corrected chi connectivity index (χ3v) is 2.07. The molecular formula is C14H19F4NO4. The number of ketones is 1. The van der Waals surface area contributed by atoms with Crippen molar-refractivity contribution in [2.75, 3.05) is 13.2 Å². The molecule has 132 valence electrons. The van der Waals surface area contributed by atoms with E-state index in [1.54, 1.807) is 13.8 Å². The molecule has 5 nitrogen and oxygen atoms in total. The summed E-state index contributed by atoms with van der Waals surface area (Å²) in [6.45, 7) is 4.06. The highest BCUT2D eigenvalue weighted by Gasteiger charge is 2.35. The van der Waals surface area contributed by atoms with Crippen LogP contribution in [0, 0.1) is 11.3 Å². The van der Waals surface area contributed by atoms with Gasteiger partial charge in [-0.05, 0) is 19.9 Å². The van der Waals surface area contributed by atoms with Gasteiger partial charge in [0, 0.05) is 6.08 Å². The molecule has 0 aromatic heterocycles. The number of hydrogen-bond donors (Lipinski definition) is 1. The molecule has 0 aliphatic carbocycles. The van der Waals surface area contributed by atoms with E-state index in [9.17, 15) is 27.5 Å². The summed E-state index contributed by atoms with van der Waals surface area (Å²) in [5.74, 6) is -1.23. The summed E-state index contributed by atoms with van der Waals surface area (Å²) in [5.41, 5.74) is -2.40. The molecule has 0 aromatic rings. The van der Waals surface area contributed by atoms with Gasteiger partial charge in [-0.2, -0.15) is 5.26 Å². The summed E-state index contributed by atoms with van der Waals surface area (Å²) < 4.78 is 56.3. The van der Waals surface area contributed by atoms with Gasteiger partial charge in [0.25, 0.3) is 12.9 Å². The molecule has 0 saturated heterocycles. The number of nitrogens with zero attached hydrogens (tertiary/aromatic N) is 1. The van der Waals surface area contributed by atoms with Gasteiger partial charge >= 0.3 is 0 Å². The largest absolute Gasteiger partial charge is 0.502 e. The third-order valence-electron chi connectivity index (χ3n) is 2.07. The lowest BCUT2D eigenvalue weighted by Gasteiger charge is -2.19. The summed E-state index contributed by atoms with van der Waals surface area (Å²) in [6, 6.07) is 1.48. The molecule has 0 aliphatic heterocycles. The van der Waals surface area contributed by atoms with Crippen molar-refractivity contribution in [3.8, 4) is 6.07 Å². The predicted octanol–water partition coefficient (Wildman–Crippen LogP) is 2.82. The third kappa shape index (κ3) is 12.2. The fourth-order valence-electron chi connectivity index (χ4n) is 0.882. The molecule has 0 saturated carbocycles. The van der Waals surface area contributed by atoms with Crippen LogP contribution in [-0.4, -0.2) is 42.6 Å². The molecule has 0 amide bonds. The Hall–Kier alpha value is -2.08. The molecule has 1 unspecified atom stereocenters. The molecule has 0 radical (unpaired) electrons. The van der Waals surface area contributed by atoms with Gasteiger partial charge in [-0.15, -0.1) is 0 Å². The van der Waals surface area contributed by atoms with Crippen molar-refractivity contribution in [2.45, 2.75) is 38.7 Å². The molecule has 9 heteroatoms. The Bertz CT molecular complexity index is 421. The predicted molar refractivity (Wildman–Crippen MR) is 73.7 cm³/mol. The Morgan fingerprint density at radius 1 is 1.22 bits per heavy atom. The van der Waals surface area contributed by atoms with E-state index in [0.29, 0.717) is 19.3 Å². The monoisotopic (exact) mass is 341 g/mol. The zero-order valence-corrected chi connectivity index (χ0v) is 12.7. The summed E-state index contributed by atoms with van der Waals surface area (Å²) in [7, 11) is 0. The maximum atomic E-state index is 12.2. The first kappa shape index (κ1) is 23.2. The summed E-state index contributed by atoms with van der Waals surface area (Å²) in [5, 5.41) is 17.4. The van der Waals surface area contributed by atoms with E-state index < -0.39 is 30.7 Å². The van der Waals surface area contributed by atoms with Crippen LogP contribution < -0.4 is 0 Å². The standard InChI is InChI=1S/C8H11F2NO2.C6H8F2O2/c1-2-13-6-4-8(12,3-5-11)7(9)10;1-2-10-4-3-5(9)6(7)8/h4,6-7,12H,2-3H2,1H3;3-4,6H,2H2,1H3/b6-4+;4-3+. The van der Waals surface area contributed by atoms with Gasteiger partial charge in [0.15, 0.2) is 5.60 Å². The van der Waals surface area contributed by atoms with Crippen molar-refractivity contribution >= 4 is 5.78 Å². The maximum Gasteiger partial charge on any atom is 0.300 e. The number of hydrogen-bond acceptors (Lipinski definition) is 5. The SMILES string of the molecule is CCO/C=C/C(=O)C(F)F.CCO/C=C/C(O)(CC#N)C(F)F. The molecule has 0 aliphatic rings. The number of rotatable bonds is 9. The van der Waals surface area contributed by atoms with Crippen LogP contribution in [0.5, 0.6) is 0 Å². The van der Waals surface area contributed by atoms with E-state index in [1.807, 2.05) is 0 Å². The number of alkyl halides is 4. The Kier molecular flexibility index (Phi) is 13.7. The van der Waals surface area contributed by atoms with E-state index in [1.165, 1.54) is 6.07 Å². The molecule has 0 heterocycles. The van der Waals surface area contributed by atoms with Crippen LogP contribution in [-0.2, 0) is 14.3 Å². The molecule has 0 spiro atoms. The molecule has 1 atom stereocenters. The lowest BCUT2D eigenvalue weighted by Crippen LogP contribution is -2.34. The summed E-state index contributed by atoms with van der Waals surface area (Å²) in [4.78, 5) is 10.1. The first-order valence-corrected chi connectivity index (χ1v) is 6.52. The second-order valence-corrected chi connectivity index (χ2v) is 3.85. The molecule has 0 aromatic carbocycles. The van der Waals surface area contributed by atoms with E-state index in [2.05, 4.69) is 9.47 Å². The molecule has 0 rings (SSSR count). The first-order valence-electron chi connectivity index (χ1n) is 6.52. The van der Waals surface area contributed by atoms with E-state index in [4.69, 9.17) is 5.26 Å². The zero-order chi connectivity index (χ0) is 18.3. The van der Waals surface area contributed by atoms with E-state index in [0.717, 1.165) is 18.6 Å². The van der Waals surface area contributed by atoms with Gasteiger partial charge in [-0.25, -0.2) is 17.6 Å². The van der Waals surface area contributed by atoms with E-state index >= 15 is 0 Å². The van der Waals surface area contributed by atoms with Crippen molar-refractivity contribution in [3.05, 3.63) is 24.7 Å². The fourth-order valence-corrected chi connectivity index (χ4v) is 0.882. The Morgan fingerprint density at radius 2 is 1.74 bits per heavy atom. The quantitative estimate of drug-likeness (QED) is 0.396. The highest BCUT2D eigenvalue weighted by atomic mass is 19.3. The van der Waals surface area contributed by atoms with Crippen LogP contribution in [0.2, 0.25) is 0 Å². The van der Waals surface area contributed by atoms with Crippen LogP contribution >= 0.6 is 0 Å². The van der Waals surface area contributed by atoms with Gasteiger partial charge in [-0.1, -0.05) is 0 Å². The maximum absolute atomic E-state index is 12.2. The minimum absolute atomic E-state index is 0.322. The number of allylic oxidation sites excluding steroid dienone is 1. The number of nitriles is 1. The van der Waals surface area contributed by atoms with Crippen molar-refractivity contribution < 1.29 is 36.9 Å². The van der Waals surface area contributed by atoms with Crippen molar-refractivity contribution in [3.63, 3.8) is 0 Å². The molecule has 1 N–H and O–H groups in total. The number of aliphatic hydroxyl groups is 1. The normalized spacial score (nSPS) is 13.6. The van der Waals surface area contributed by atoms with Crippen molar-refractivity contribution in [1.82, 2.24) is 0 Å². The Labute approximate surface area is 131 Å². The van der Waals surface area contributed by atoms with Crippen LogP contribution in [0.3, 0.4) is 0 Å².